The Labute approximate surface area is 146 Å². The Morgan fingerprint density at radius 3 is 2.75 bits per heavy atom. The summed E-state index contributed by atoms with van der Waals surface area (Å²) in [6.45, 7) is 0.178. The number of halogens is 1. The number of thiophene rings is 1. The number of amides is 1. The van der Waals surface area contributed by atoms with E-state index in [9.17, 15) is 9.59 Å². The van der Waals surface area contributed by atoms with Crippen LogP contribution >= 0.6 is 22.9 Å². The van der Waals surface area contributed by atoms with E-state index in [1.807, 2.05) is 29.6 Å². The molecule has 0 aliphatic carbocycles. The third-order valence-corrected chi connectivity index (χ3v) is 4.64. The van der Waals surface area contributed by atoms with Crippen molar-refractivity contribution < 1.29 is 4.79 Å². The van der Waals surface area contributed by atoms with Gasteiger partial charge in [-0.25, -0.2) is 4.79 Å². The highest BCUT2D eigenvalue weighted by molar-refractivity contribution is 7.12. The maximum Gasteiger partial charge on any atom is 0.369 e. The number of rotatable bonds is 5. The molecular weight excluding hydrogens is 350 g/mol. The number of nitrogens with zero attached hydrogens (tertiary/aromatic N) is 5. The molecule has 0 aliphatic rings. The summed E-state index contributed by atoms with van der Waals surface area (Å²) in [4.78, 5) is 26.1. The summed E-state index contributed by atoms with van der Waals surface area (Å²) in [7, 11) is 1.65. The topological polar surface area (TPSA) is 73.0 Å². The summed E-state index contributed by atoms with van der Waals surface area (Å²) in [6, 6.07) is 10.9. The highest BCUT2D eigenvalue weighted by Crippen LogP contribution is 2.16. The number of hydrogen-bond acceptors (Lipinski definition) is 5. The first-order chi connectivity index (χ1) is 11.6. The first kappa shape index (κ1) is 16.4. The molecule has 0 fully saturated rings. The molecule has 24 heavy (non-hydrogen) atoms. The molecule has 0 radical (unpaired) electrons. The van der Waals surface area contributed by atoms with Crippen LogP contribution in [0.3, 0.4) is 0 Å². The predicted octanol–water partition coefficient (Wildman–Crippen LogP) is 1.80. The lowest BCUT2D eigenvalue weighted by Gasteiger charge is -2.17. The molecule has 0 spiro atoms. The van der Waals surface area contributed by atoms with Crippen LogP contribution in [0.25, 0.3) is 5.00 Å². The fraction of sp³-hybridized carbons (Fsp3) is 0.200. The van der Waals surface area contributed by atoms with Crippen LogP contribution in [0, 0.1) is 0 Å². The molecule has 3 rings (SSSR count). The molecule has 2 heterocycles. The summed E-state index contributed by atoms with van der Waals surface area (Å²) in [5.74, 6) is -0.254. The maximum absolute atomic E-state index is 12.3. The van der Waals surface area contributed by atoms with E-state index in [-0.39, 0.29) is 12.5 Å². The fourth-order valence-corrected chi connectivity index (χ4v) is 2.98. The minimum Gasteiger partial charge on any atom is -0.340 e. The van der Waals surface area contributed by atoms with Crippen molar-refractivity contribution in [3.8, 4) is 5.00 Å². The van der Waals surface area contributed by atoms with Crippen LogP contribution in [-0.4, -0.2) is 37.6 Å². The third kappa shape index (κ3) is 3.39. The molecule has 0 saturated carbocycles. The summed E-state index contributed by atoms with van der Waals surface area (Å²) in [5, 5.41) is 10.7. The fourth-order valence-electron chi connectivity index (χ4n) is 2.12. The molecule has 1 amide bonds. The zero-order chi connectivity index (χ0) is 17.1. The van der Waals surface area contributed by atoms with Crippen LogP contribution in [0.1, 0.15) is 5.56 Å². The van der Waals surface area contributed by atoms with Crippen LogP contribution in [-0.2, 0) is 17.9 Å². The second kappa shape index (κ2) is 6.98. The third-order valence-electron chi connectivity index (χ3n) is 3.43. The largest absolute Gasteiger partial charge is 0.369 e. The minimum atomic E-state index is -0.447. The van der Waals surface area contributed by atoms with Crippen molar-refractivity contribution in [3.63, 3.8) is 0 Å². The van der Waals surface area contributed by atoms with Crippen molar-refractivity contribution >= 4 is 28.8 Å². The highest BCUT2D eigenvalue weighted by Gasteiger charge is 2.16. The molecule has 0 N–H and O–H groups in total. The number of carbonyl (C=O) groups is 1. The molecule has 0 saturated heterocycles. The Morgan fingerprint density at radius 2 is 2.04 bits per heavy atom. The number of benzene rings is 1. The Balaban J connectivity index is 1.71. The van der Waals surface area contributed by atoms with Crippen LogP contribution in [0.15, 0.2) is 46.6 Å². The quantitative estimate of drug-likeness (QED) is 0.693. The zero-order valence-corrected chi connectivity index (χ0v) is 14.4. The summed E-state index contributed by atoms with van der Waals surface area (Å²) >= 11 is 7.47. The molecule has 7 nitrogen and oxygen atoms in total. The average Bonchev–Trinajstić information content (AvgIpc) is 3.20. The van der Waals surface area contributed by atoms with E-state index in [2.05, 4.69) is 10.4 Å². The van der Waals surface area contributed by atoms with Crippen molar-refractivity contribution in [2.24, 2.45) is 0 Å². The Bertz CT molecular complexity index is 903. The molecule has 1 aromatic carbocycles. The van der Waals surface area contributed by atoms with E-state index in [1.165, 1.54) is 20.9 Å². The summed E-state index contributed by atoms with van der Waals surface area (Å²) in [6.07, 6.45) is 0. The second-order valence-electron chi connectivity index (χ2n) is 5.12. The molecule has 0 unspecified atom stereocenters. The van der Waals surface area contributed by atoms with Gasteiger partial charge in [0, 0.05) is 18.6 Å². The lowest BCUT2D eigenvalue weighted by atomic mass is 10.2. The number of aromatic nitrogens is 4. The Hall–Kier alpha value is -2.45. The molecule has 0 bridgehead atoms. The first-order valence-corrected chi connectivity index (χ1v) is 8.36. The van der Waals surface area contributed by atoms with Gasteiger partial charge in [0.05, 0.1) is 0 Å². The van der Waals surface area contributed by atoms with E-state index < -0.39 is 5.69 Å². The van der Waals surface area contributed by atoms with Crippen LogP contribution in [0.4, 0.5) is 0 Å². The lowest BCUT2D eigenvalue weighted by molar-refractivity contribution is -0.131. The molecule has 2 aromatic heterocycles. The van der Waals surface area contributed by atoms with Gasteiger partial charge < -0.3 is 4.90 Å². The first-order valence-electron chi connectivity index (χ1n) is 7.10. The summed E-state index contributed by atoms with van der Waals surface area (Å²) in [5.41, 5.74) is 0.390. The van der Waals surface area contributed by atoms with Crippen molar-refractivity contribution in [2.45, 2.75) is 13.1 Å². The normalized spacial score (nSPS) is 10.8. The van der Waals surface area contributed by atoms with E-state index in [4.69, 9.17) is 11.6 Å². The highest BCUT2D eigenvalue weighted by atomic mass is 35.5. The van der Waals surface area contributed by atoms with Crippen LogP contribution in [0.2, 0.25) is 5.02 Å². The second-order valence-corrected chi connectivity index (χ2v) is 6.46. The van der Waals surface area contributed by atoms with E-state index in [1.54, 1.807) is 19.2 Å². The van der Waals surface area contributed by atoms with Gasteiger partial charge >= 0.3 is 5.69 Å². The van der Waals surface area contributed by atoms with E-state index in [0.29, 0.717) is 16.6 Å². The molecule has 0 atom stereocenters. The van der Waals surface area contributed by atoms with Gasteiger partial charge in [0.25, 0.3) is 0 Å². The van der Waals surface area contributed by atoms with Gasteiger partial charge in [0.2, 0.25) is 5.91 Å². The van der Waals surface area contributed by atoms with Gasteiger partial charge in [-0.15, -0.1) is 11.3 Å². The smallest absolute Gasteiger partial charge is 0.340 e. The number of likely N-dealkylation sites (N-methyl/N-ethyl adjacent to an activating group) is 1. The van der Waals surface area contributed by atoms with Gasteiger partial charge in [0.1, 0.15) is 11.5 Å². The minimum absolute atomic E-state index is 0.175. The van der Waals surface area contributed by atoms with Gasteiger partial charge in [-0.3, -0.25) is 4.79 Å². The molecular formula is C15H14ClN5O2S. The number of carbonyl (C=O) groups excluding carboxylic acids is 1. The standard InChI is InChI=1S/C15H14ClN5O2S/c1-19(9-11-5-2-3-6-12(11)16)13(22)10-20-15(23)21(18-17-20)14-7-4-8-24-14/h2-8H,9-10H2,1H3. The molecule has 0 aliphatic heterocycles. The molecule has 3 aromatic rings. The number of hydrogen-bond donors (Lipinski definition) is 0. The van der Waals surface area contributed by atoms with Crippen molar-refractivity contribution in [3.05, 3.63) is 62.8 Å². The zero-order valence-electron chi connectivity index (χ0n) is 12.8. The monoisotopic (exact) mass is 363 g/mol. The van der Waals surface area contributed by atoms with Gasteiger partial charge in [0.15, 0.2) is 0 Å². The van der Waals surface area contributed by atoms with E-state index >= 15 is 0 Å². The van der Waals surface area contributed by atoms with Crippen LogP contribution in [0.5, 0.6) is 0 Å². The van der Waals surface area contributed by atoms with Gasteiger partial charge in [-0.2, -0.15) is 9.36 Å². The molecule has 9 heteroatoms. The SMILES string of the molecule is CN(Cc1ccccc1Cl)C(=O)Cn1nnn(-c2cccs2)c1=O. The van der Waals surface area contributed by atoms with Gasteiger partial charge in [-0.05, 0) is 39.6 Å². The van der Waals surface area contributed by atoms with Crippen molar-refractivity contribution in [2.75, 3.05) is 7.05 Å². The Kier molecular flexibility index (Phi) is 4.77. The summed E-state index contributed by atoms with van der Waals surface area (Å²) < 4.78 is 2.22. The predicted molar refractivity (Wildman–Crippen MR) is 91.4 cm³/mol. The Morgan fingerprint density at radius 1 is 1.25 bits per heavy atom. The molecule has 124 valence electrons. The number of tetrazole rings is 1. The van der Waals surface area contributed by atoms with Crippen molar-refractivity contribution in [1.82, 2.24) is 24.7 Å². The average molecular weight is 364 g/mol. The maximum atomic E-state index is 12.3. The lowest BCUT2D eigenvalue weighted by Crippen LogP contribution is -2.34. The van der Waals surface area contributed by atoms with E-state index in [0.717, 1.165) is 10.2 Å². The van der Waals surface area contributed by atoms with Gasteiger partial charge in [-0.1, -0.05) is 29.8 Å². The van der Waals surface area contributed by atoms with Crippen molar-refractivity contribution in [1.29, 1.82) is 0 Å². The van der Waals surface area contributed by atoms with Crippen LogP contribution < -0.4 is 5.69 Å².